The molecule has 0 aromatic heterocycles. The van der Waals surface area contributed by atoms with Crippen LogP contribution in [0.2, 0.25) is 0 Å². The SMILES string of the molecule is CC(C)CCS(=O)(=O)NC1CCCCC1CN. The van der Waals surface area contributed by atoms with E-state index in [1.165, 1.54) is 6.42 Å². The lowest BCUT2D eigenvalue weighted by atomic mass is 9.85. The maximum absolute atomic E-state index is 11.9. The normalized spacial score (nSPS) is 26.4. The molecule has 0 bridgehead atoms. The number of sulfonamides is 1. The van der Waals surface area contributed by atoms with E-state index in [0.29, 0.717) is 18.4 Å². The van der Waals surface area contributed by atoms with Crippen molar-refractivity contribution < 1.29 is 8.42 Å². The second-order valence-corrected chi connectivity index (χ2v) is 7.38. The van der Waals surface area contributed by atoms with Gasteiger partial charge in [-0.25, -0.2) is 13.1 Å². The molecule has 1 aliphatic carbocycles. The standard InChI is InChI=1S/C12H26N2O2S/c1-10(2)7-8-17(15,16)14-12-6-4-3-5-11(12)9-13/h10-12,14H,3-9,13H2,1-2H3. The van der Waals surface area contributed by atoms with Gasteiger partial charge < -0.3 is 5.73 Å². The van der Waals surface area contributed by atoms with Crippen LogP contribution in [0.3, 0.4) is 0 Å². The van der Waals surface area contributed by atoms with Gasteiger partial charge in [0.1, 0.15) is 0 Å². The van der Waals surface area contributed by atoms with E-state index in [0.717, 1.165) is 25.7 Å². The first kappa shape index (κ1) is 14.9. The third-order valence-corrected chi connectivity index (χ3v) is 4.94. The van der Waals surface area contributed by atoms with Crippen molar-refractivity contribution in [2.24, 2.45) is 17.6 Å². The molecule has 17 heavy (non-hydrogen) atoms. The minimum atomic E-state index is -3.12. The summed E-state index contributed by atoms with van der Waals surface area (Å²) >= 11 is 0. The highest BCUT2D eigenvalue weighted by Gasteiger charge is 2.27. The Morgan fingerprint density at radius 1 is 1.29 bits per heavy atom. The van der Waals surface area contributed by atoms with Gasteiger partial charge in [0.05, 0.1) is 5.75 Å². The van der Waals surface area contributed by atoms with Crippen LogP contribution in [0, 0.1) is 11.8 Å². The maximum atomic E-state index is 11.9. The average Bonchev–Trinajstić information content (AvgIpc) is 2.27. The highest BCUT2D eigenvalue weighted by atomic mass is 32.2. The third-order valence-electron chi connectivity index (χ3n) is 3.51. The number of rotatable bonds is 6. The van der Waals surface area contributed by atoms with E-state index >= 15 is 0 Å². The molecule has 0 saturated heterocycles. The van der Waals surface area contributed by atoms with Crippen LogP contribution in [-0.2, 0) is 10.0 Å². The molecular weight excluding hydrogens is 236 g/mol. The van der Waals surface area contributed by atoms with Gasteiger partial charge in [0.15, 0.2) is 0 Å². The molecule has 5 heteroatoms. The van der Waals surface area contributed by atoms with Crippen LogP contribution < -0.4 is 10.5 Å². The Balaban J connectivity index is 2.50. The van der Waals surface area contributed by atoms with E-state index < -0.39 is 10.0 Å². The largest absolute Gasteiger partial charge is 0.330 e. The van der Waals surface area contributed by atoms with Gasteiger partial charge in [-0.15, -0.1) is 0 Å². The Labute approximate surface area is 105 Å². The van der Waals surface area contributed by atoms with Crippen molar-refractivity contribution in [1.82, 2.24) is 4.72 Å². The van der Waals surface area contributed by atoms with Crippen LogP contribution in [0.15, 0.2) is 0 Å². The Bertz CT molecular complexity index is 314. The summed E-state index contributed by atoms with van der Waals surface area (Å²) in [4.78, 5) is 0. The van der Waals surface area contributed by atoms with Gasteiger partial charge >= 0.3 is 0 Å². The zero-order chi connectivity index (χ0) is 12.9. The summed E-state index contributed by atoms with van der Waals surface area (Å²) in [7, 11) is -3.12. The van der Waals surface area contributed by atoms with Crippen LogP contribution in [0.25, 0.3) is 0 Å². The Morgan fingerprint density at radius 3 is 2.53 bits per heavy atom. The van der Waals surface area contributed by atoms with Crippen molar-refractivity contribution in [2.45, 2.75) is 52.0 Å². The molecule has 3 N–H and O–H groups in total. The molecule has 0 aromatic carbocycles. The fourth-order valence-electron chi connectivity index (χ4n) is 2.33. The number of hydrogen-bond donors (Lipinski definition) is 2. The van der Waals surface area contributed by atoms with Crippen LogP contribution in [0.5, 0.6) is 0 Å². The summed E-state index contributed by atoms with van der Waals surface area (Å²) in [5, 5.41) is 0. The number of nitrogens with one attached hydrogen (secondary N) is 1. The molecule has 1 rings (SSSR count). The molecule has 4 nitrogen and oxygen atoms in total. The highest BCUT2D eigenvalue weighted by molar-refractivity contribution is 7.89. The highest BCUT2D eigenvalue weighted by Crippen LogP contribution is 2.24. The molecule has 1 saturated carbocycles. The van der Waals surface area contributed by atoms with Crippen LogP contribution in [0.4, 0.5) is 0 Å². The zero-order valence-electron chi connectivity index (χ0n) is 11.0. The van der Waals surface area contributed by atoms with Gasteiger partial charge in [-0.2, -0.15) is 0 Å². The monoisotopic (exact) mass is 262 g/mol. The van der Waals surface area contributed by atoms with Gasteiger partial charge in [-0.05, 0) is 37.6 Å². The smallest absolute Gasteiger partial charge is 0.211 e. The van der Waals surface area contributed by atoms with E-state index in [1.807, 2.05) is 13.8 Å². The molecule has 2 atom stereocenters. The van der Waals surface area contributed by atoms with Gasteiger partial charge in [0, 0.05) is 6.04 Å². The van der Waals surface area contributed by atoms with Crippen molar-refractivity contribution in [3.8, 4) is 0 Å². The molecular formula is C12H26N2O2S. The van der Waals surface area contributed by atoms with Crippen molar-refractivity contribution in [3.05, 3.63) is 0 Å². The zero-order valence-corrected chi connectivity index (χ0v) is 11.8. The van der Waals surface area contributed by atoms with Gasteiger partial charge in [-0.1, -0.05) is 26.7 Å². The lowest BCUT2D eigenvalue weighted by molar-refractivity contribution is 0.296. The third kappa shape index (κ3) is 5.36. The molecule has 0 amide bonds. The Kier molecular flexibility index (Phi) is 5.89. The molecule has 0 aromatic rings. The molecule has 0 radical (unpaired) electrons. The molecule has 102 valence electrons. The second-order valence-electron chi connectivity index (χ2n) is 5.51. The molecule has 1 aliphatic rings. The second kappa shape index (κ2) is 6.71. The van der Waals surface area contributed by atoms with Gasteiger partial charge in [0.2, 0.25) is 10.0 Å². The summed E-state index contributed by atoms with van der Waals surface area (Å²) in [5.41, 5.74) is 5.70. The van der Waals surface area contributed by atoms with Crippen LogP contribution >= 0.6 is 0 Å². The van der Waals surface area contributed by atoms with Crippen LogP contribution in [-0.4, -0.2) is 26.8 Å². The van der Waals surface area contributed by atoms with Crippen molar-refractivity contribution in [3.63, 3.8) is 0 Å². The van der Waals surface area contributed by atoms with E-state index in [9.17, 15) is 8.42 Å². The minimum absolute atomic E-state index is 0.0610. The van der Waals surface area contributed by atoms with E-state index in [2.05, 4.69) is 4.72 Å². The first-order chi connectivity index (χ1) is 7.94. The summed E-state index contributed by atoms with van der Waals surface area (Å²) in [6.45, 7) is 4.66. The molecule has 1 fully saturated rings. The topological polar surface area (TPSA) is 72.2 Å². The molecule has 2 unspecified atom stereocenters. The molecule has 0 spiro atoms. The molecule has 0 aliphatic heterocycles. The lowest BCUT2D eigenvalue weighted by Gasteiger charge is -2.31. The Morgan fingerprint density at radius 2 is 1.94 bits per heavy atom. The van der Waals surface area contributed by atoms with Crippen molar-refractivity contribution >= 4 is 10.0 Å². The van der Waals surface area contributed by atoms with Crippen molar-refractivity contribution in [2.75, 3.05) is 12.3 Å². The predicted molar refractivity (Wildman–Crippen MR) is 71.2 cm³/mol. The fourth-order valence-corrected chi connectivity index (χ4v) is 4.00. The Hall–Kier alpha value is -0.130. The first-order valence-electron chi connectivity index (χ1n) is 6.64. The maximum Gasteiger partial charge on any atom is 0.211 e. The van der Waals surface area contributed by atoms with E-state index in [1.54, 1.807) is 0 Å². The lowest BCUT2D eigenvalue weighted by Crippen LogP contribution is -2.45. The fraction of sp³-hybridized carbons (Fsp3) is 1.00. The van der Waals surface area contributed by atoms with Gasteiger partial charge in [0.25, 0.3) is 0 Å². The van der Waals surface area contributed by atoms with Gasteiger partial charge in [-0.3, -0.25) is 0 Å². The molecule has 0 heterocycles. The minimum Gasteiger partial charge on any atom is -0.330 e. The quantitative estimate of drug-likeness (QED) is 0.761. The summed E-state index contributed by atoms with van der Waals surface area (Å²) in [6, 6.07) is 0.0610. The summed E-state index contributed by atoms with van der Waals surface area (Å²) in [6.07, 6.45) is 4.98. The number of nitrogens with two attached hydrogens (primary N) is 1. The van der Waals surface area contributed by atoms with Crippen LogP contribution in [0.1, 0.15) is 46.0 Å². The van der Waals surface area contributed by atoms with E-state index in [-0.39, 0.29) is 11.8 Å². The summed E-state index contributed by atoms with van der Waals surface area (Å²) < 4.78 is 26.7. The first-order valence-corrected chi connectivity index (χ1v) is 8.30. The number of hydrogen-bond acceptors (Lipinski definition) is 3. The van der Waals surface area contributed by atoms with Crippen molar-refractivity contribution in [1.29, 1.82) is 0 Å². The average molecular weight is 262 g/mol. The van der Waals surface area contributed by atoms with E-state index in [4.69, 9.17) is 5.73 Å². The summed E-state index contributed by atoms with van der Waals surface area (Å²) in [5.74, 6) is 0.971. The predicted octanol–water partition coefficient (Wildman–Crippen LogP) is 1.47.